The second kappa shape index (κ2) is 6.37. The molecule has 0 radical (unpaired) electrons. The Hall–Kier alpha value is -1.10. The van der Waals surface area contributed by atoms with Crippen LogP contribution in [0.3, 0.4) is 0 Å². The minimum absolute atomic E-state index is 0.000369. The lowest BCUT2D eigenvalue weighted by molar-refractivity contribution is -0.0703. The summed E-state index contributed by atoms with van der Waals surface area (Å²) in [6, 6.07) is 7.50. The Morgan fingerprint density at radius 2 is 1.95 bits per heavy atom. The van der Waals surface area contributed by atoms with Crippen molar-refractivity contribution in [2.45, 2.75) is 31.0 Å². The van der Waals surface area contributed by atoms with E-state index >= 15 is 0 Å². The number of methoxy groups -OCH3 is 2. The standard InChI is InChI=1S/C15H23NO3/c1-18-13-6-4-12(5-7-13)14(17)10-16-11-15(19-2)8-3-9-15/h4-7,14,16-17H,3,8-11H2,1-2H3. The Morgan fingerprint density at radius 3 is 2.42 bits per heavy atom. The highest BCUT2D eigenvalue weighted by molar-refractivity contribution is 5.28. The Bertz CT molecular complexity index is 381. The minimum atomic E-state index is -0.500. The summed E-state index contributed by atoms with van der Waals surface area (Å²) >= 11 is 0. The monoisotopic (exact) mass is 265 g/mol. The summed E-state index contributed by atoms with van der Waals surface area (Å²) in [5.74, 6) is 0.803. The van der Waals surface area contributed by atoms with Crippen LogP contribution in [-0.4, -0.2) is 38.0 Å². The molecule has 2 N–H and O–H groups in total. The quantitative estimate of drug-likeness (QED) is 0.790. The number of aliphatic hydroxyl groups is 1. The second-order valence-corrected chi connectivity index (χ2v) is 5.16. The lowest BCUT2D eigenvalue weighted by Crippen LogP contribution is -2.48. The van der Waals surface area contributed by atoms with Gasteiger partial charge in [0.1, 0.15) is 5.75 Å². The van der Waals surface area contributed by atoms with Crippen molar-refractivity contribution in [1.29, 1.82) is 0 Å². The van der Waals surface area contributed by atoms with Gasteiger partial charge in [-0.25, -0.2) is 0 Å². The van der Waals surface area contributed by atoms with Crippen LogP contribution in [0.1, 0.15) is 30.9 Å². The van der Waals surface area contributed by atoms with Crippen molar-refractivity contribution in [3.8, 4) is 5.75 Å². The van der Waals surface area contributed by atoms with E-state index < -0.39 is 6.10 Å². The van der Waals surface area contributed by atoms with Crippen molar-refractivity contribution in [2.24, 2.45) is 0 Å². The Labute approximate surface area is 114 Å². The molecule has 106 valence electrons. The SMILES string of the molecule is COc1ccc(C(O)CNCC2(OC)CCC2)cc1. The van der Waals surface area contributed by atoms with E-state index in [0.29, 0.717) is 6.54 Å². The summed E-state index contributed by atoms with van der Waals surface area (Å²) in [5, 5.41) is 13.4. The first kappa shape index (κ1) is 14.3. The third-order valence-corrected chi connectivity index (χ3v) is 3.98. The minimum Gasteiger partial charge on any atom is -0.497 e. The van der Waals surface area contributed by atoms with Crippen LogP contribution in [0, 0.1) is 0 Å². The molecule has 19 heavy (non-hydrogen) atoms. The van der Waals surface area contributed by atoms with Crippen LogP contribution in [0.2, 0.25) is 0 Å². The fourth-order valence-corrected chi connectivity index (χ4v) is 2.40. The third-order valence-electron chi connectivity index (χ3n) is 3.98. The molecule has 0 aliphatic heterocycles. The van der Waals surface area contributed by atoms with Crippen LogP contribution in [-0.2, 0) is 4.74 Å². The van der Waals surface area contributed by atoms with Crippen molar-refractivity contribution >= 4 is 0 Å². The Balaban J connectivity index is 1.78. The molecule has 1 aliphatic rings. The maximum absolute atomic E-state index is 10.1. The van der Waals surface area contributed by atoms with E-state index in [4.69, 9.17) is 9.47 Å². The van der Waals surface area contributed by atoms with Gasteiger partial charge in [-0.05, 0) is 37.0 Å². The molecule has 0 heterocycles. The number of hydrogen-bond donors (Lipinski definition) is 2. The van der Waals surface area contributed by atoms with Crippen molar-refractivity contribution in [3.63, 3.8) is 0 Å². The van der Waals surface area contributed by atoms with Gasteiger partial charge in [-0.1, -0.05) is 12.1 Å². The normalized spacial score (nSPS) is 18.7. The molecule has 4 nitrogen and oxygen atoms in total. The van der Waals surface area contributed by atoms with E-state index in [1.54, 1.807) is 14.2 Å². The fourth-order valence-electron chi connectivity index (χ4n) is 2.40. The molecule has 0 amide bonds. The van der Waals surface area contributed by atoms with Crippen LogP contribution in [0.25, 0.3) is 0 Å². The summed E-state index contributed by atoms with van der Waals surface area (Å²) in [7, 11) is 3.40. The lowest BCUT2D eigenvalue weighted by Gasteiger charge is -2.40. The van der Waals surface area contributed by atoms with E-state index in [1.807, 2.05) is 24.3 Å². The van der Waals surface area contributed by atoms with E-state index in [-0.39, 0.29) is 5.60 Å². The van der Waals surface area contributed by atoms with Crippen LogP contribution < -0.4 is 10.1 Å². The van der Waals surface area contributed by atoms with Gasteiger partial charge < -0.3 is 19.9 Å². The van der Waals surface area contributed by atoms with Gasteiger partial charge in [0.05, 0.1) is 18.8 Å². The highest BCUT2D eigenvalue weighted by Gasteiger charge is 2.36. The van der Waals surface area contributed by atoms with Gasteiger partial charge in [-0.2, -0.15) is 0 Å². The van der Waals surface area contributed by atoms with Crippen LogP contribution in [0.15, 0.2) is 24.3 Å². The van der Waals surface area contributed by atoms with Crippen molar-refractivity contribution < 1.29 is 14.6 Å². The molecular formula is C15H23NO3. The lowest BCUT2D eigenvalue weighted by atomic mass is 9.80. The highest BCUT2D eigenvalue weighted by Crippen LogP contribution is 2.34. The summed E-state index contributed by atoms with van der Waals surface area (Å²) in [6.07, 6.45) is 2.95. The smallest absolute Gasteiger partial charge is 0.118 e. The number of hydrogen-bond acceptors (Lipinski definition) is 4. The number of aliphatic hydroxyl groups excluding tert-OH is 1. The van der Waals surface area contributed by atoms with E-state index in [0.717, 1.165) is 30.7 Å². The van der Waals surface area contributed by atoms with Gasteiger partial charge in [0.2, 0.25) is 0 Å². The van der Waals surface area contributed by atoms with Gasteiger partial charge in [-0.3, -0.25) is 0 Å². The molecule has 1 aliphatic carbocycles. The van der Waals surface area contributed by atoms with Gasteiger partial charge in [0.15, 0.2) is 0 Å². The fraction of sp³-hybridized carbons (Fsp3) is 0.600. The molecule has 0 spiro atoms. The summed E-state index contributed by atoms with van der Waals surface area (Å²) in [6.45, 7) is 1.34. The zero-order valence-corrected chi connectivity index (χ0v) is 11.7. The first-order valence-electron chi connectivity index (χ1n) is 6.77. The topological polar surface area (TPSA) is 50.7 Å². The number of ether oxygens (including phenoxy) is 2. The zero-order chi connectivity index (χ0) is 13.7. The van der Waals surface area contributed by atoms with E-state index in [9.17, 15) is 5.11 Å². The molecule has 1 aromatic carbocycles. The summed E-state index contributed by atoms with van der Waals surface area (Å²) in [5.41, 5.74) is 0.896. The first-order chi connectivity index (χ1) is 9.19. The molecule has 1 saturated carbocycles. The molecule has 0 bridgehead atoms. The largest absolute Gasteiger partial charge is 0.497 e. The van der Waals surface area contributed by atoms with Gasteiger partial charge in [0, 0.05) is 20.2 Å². The van der Waals surface area contributed by atoms with Crippen LogP contribution in [0.4, 0.5) is 0 Å². The maximum atomic E-state index is 10.1. The predicted molar refractivity (Wildman–Crippen MR) is 74.4 cm³/mol. The second-order valence-electron chi connectivity index (χ2n) is 5.16. The first-order valence-corrected chi connectivity index (χ1v) is 6.77. The predicted octanol–water partition coefficient (Wildman–Crippen LogP) is 1.89. The maximum Gasteiger partial charge on any atom is 0.118 e. The average molecular weight is 265 g/mol. The molecule has 1 atom stereocenters. The van der Waals surface area contributed by atoms with Crippen molar-refractivity contribution in [2.75, 3.05) is 27.3 Å². The summed E-state index contributed by atoms with van der Waals surface area (Å²) < 4.78 is 10.6. The number of nitrogens with one attached hydrogen (secondary N) is 1. The third kappa shape index (κ3) is 3.47. The van der Waals surface area contributed by atoms with Gasteiger partial charge >= 0.3 is 0 Å². The Kier molecular flexibility index (Phi) is 4.80. The molecule has 4 heteroatoms. The highest BCUT2D eigenvalue weighted by atomic mass is 16.5. The van der Waals surface area contributed by atoms with Gasteiger partial charge in [0.25, 0.3) is 0 Å². The van der Waals surface area contributed by atoms with Crippen molar-refractivity contribution in [3.05, 3.63) is 29.8 Å². The summed E-state index contributed by atoms with van der Waals surface area (Å²) in [4.78, 5) is 0. The number of benzene rings is 1. The van der Waals surface area contributed by atoms with Crippen LogP contribution >= 0.6 is 0 Å². The van der Waals surface area contributed by atoms with E-state index in [2.05, 4.69) is 5.32 Å². The van der Waals surface area contributed by atoms with Crippen LogP contribution in [0.5, 0.6) is 5.75 Å². The molecular weight excluding hydrogens is 242 g/mol. The molecule has 1 aromatic rings. The molecule has 0 aromatic heterocycles. The molecule has 0 saturated heterocycles. The Morgan fingerprint density at radius 1 is 1.26 bits per heavy atom. The molecule has 2 rings (SSSR count). The molecule has 1 unspecified atom stereocenters. The van der Waals surface area contributed by atoms with Crippen molar-refractivity contribution in [1.82, 2.24) is 5.32 Å². The molecule has 1 fully saturated rings. The number of rotatable bonds is 7. The van der Waals surface area contributed by atoms with E-state index in [1.165, 1.54) is 6.42 Å². The zero-order valence-electron chi connectivity index (χ0n) is 11.7. The van der Waals surface area contributed by atoms with Gasteiger partial charge in [-0.15, -0.1) is 0 Å². The average Bonchev–Trinajstić information content (AvgIpc) is 2.41.